The first kappa shape index (κ1) is 19.7. The van der Waals surface area contributed by atoms with Crippen LogP contribution in [0.25, 0.3) is 0 Å². The Labute approximate surface area is 163 Å². The average molecular weight is 414 g/mol. The maximum absolute atomic E-state index is 13.6. The van der Waals surface area contributed by atoms with Gasteiger partial charge in [0.2, 0.25) is 5.91 Å². The molecule has 0 bridgehead atoms. The van der Waals surface area contributed by atoms with Crippen LogP contribution in [0, 0.1) is 5.92 Å². The van der Waals surface area contributed by atoms with Crippen LogP contribution in [0.3, 0.4) is 0 Å². The van der Waals surface area contributed by atoms with Crippen LogP contribution < -0.4 is 11.1 Å². The predicted octanol–water partition coefficient (Wildman–Crippen LogP) is 1.57. The number of piperidine rings is 1. The number of rotatable bonds is 2. The van der Waals surface area contributed by atoms with Crippen LogP contribution >= 0.6 is 0 Å². The topological polar surface area (TPSA) is 137 Å². The molecule has 1 aromatic rings. The molecule has 12 heteroatoms. The van der Waals surface area contributed by atoms with Crippen molar-refractivity contribution < 1.29 is 27.9 Å². The maximum Gasteiger partial charge on any atom is 0.422 e. The summed E-state index contributed by atoms with van der Waals surface area (Å²) in [4.78, 5) is 29.3. The summed E-state index contributed by atoms with van der Waals surface area (Å²) in [6, 6.07) is -0.446. The third-order valence-corrected chi connectivity index (χ3v) is 5.75. The number of halogens is 3. The van der Waals surface area contributed by atoms with Gasteiger partial charge in [0.15, 0.2) is 11.4 Å². The van der Waals surface area contributed by atoms with Crippen molar-refractivity contribution in [3.8, 4) is 0 Å². The highest BCUT2D eigenvalue weighted by atomic mass is 19.4. The zero-order valence-corrected chi connectivity index (χ0v) is 15.4. The Morgan fingerprint density at radius 2 is 1.93 bits per heavy atom. The molecule has 3 aliphatic rings. The number of nitrogens with two attached hydrogens (primary N) is 1. The minimum absolute atomic E-state index is 0.132. The number of nitrogens with zero attached hydrogens (tertiary/aromatic N) is 3. The number of alkyl halides is 3. The van der Waals surface area contributed by atoms with Crippen molar-refractivity contribution in [2.45, 2.75) is 49.8 Å². The molecule has 0 radical (unpaired) electrons. The SMILES string of the molecule is NC(=NC(=O)N1CCC(c2[nH]nc3c2C(O)(C(F)(F)F)CC(=O)N3)CC1)C1CC1. The first-order chi connectivity index (χ1) is 13.6. The van der Waals surface area contributed by atoms with Gasteiger partial charge in [-0.15, -0.1) is 0 Å². The van der Waals surface area contributed by atoms with E-state index < -0.39 is 35.7 Å². The summed E-state index contributed by atoms with van der Waals surface area (Å²) in [5.74, 6) is -1.16. The number of H-pyrrole nitrogens is 1. The number of likely N-dealkylation sites (tertiary alicyclic amines) is 1. The molecule has 0 aromatic carbocycles. The molecule has 158 valence electrons. The first-order valence-corrected chi connectivity index (χ1v) is 9.41. The molecule has 1 aliphatic carbocycles. The van der Waals surface area contributed by atoms with Crippen molar-refractivity contribution >= 4 is 23.6 Å². The highest BCUT2D eigenvalue weighted by Gasteiger charge is 2.61. The second-order valence-electron chi connectivity index (χ2n) is 7.80. The molecule has 1 unspecified atom stereocenters. The molecular formula is C17H21F3N6O3. The lowest BCUT2D eigenvalue weighted by Crippen LogP contribution is -2.49. The largest absolute Gasteiger partial charge is 0.422 e. The van der Waals surface area contributed by atoms with Crippen molar-refractivity contribution in [3.05, 3.63) is 11.3 Å². The number of amidine groups is 1. The second-order valence-corrected chi connectivity index (χ2v) is 7.80. The molecule has 2 aliphatic heterocycles. The summed E-state index contributed by atoms with van der Waals surface area (Å²) in [5, 5.41) is 19.0. The summed E-state index contributed by atoms with van der Waals surface area (Å²) < 4.78 is 40.8. The third-order valence-electron chi connectivity index (χ3n) is 5.75. The van der Waals surface area contributed by atoms with E-state index in [1.54, 1.807) is 0 Å². The molecule has 5 N–H and O–H groups in total. The predicted molar refractivity (Wildman–Crippen MR) is 95.1 cm³/mol. The van der Waals surface area contributed by atoms with Crippen molar-refractivity contribution in [3.63, 3.8) is 0 Å². The number of fused-ring (bicyclic) bond motifs is 1. The van der Waals surface area contributed by atoms with Crippen LogP contribution in [0.2, 0.25) is 0 Å². The fourth-order valence-corrected chi connectivity index (χ4v) is 3.91. The lowest BCUT2D eigenvalue weighted by atomic mass is 9.81. The minimum Gasteiger partial charge on any atom is -0.387 e. The zero-order chi connectivity index (χ0) is 21.0. The zero-order valence-electron chi connectivity index (χ0n) is 15.4. The minimum atomic E-state index is -5.04. The highest BCUT2D eigenvalue weighted by Crippen LogP contribution is 2.49. The molecule has 1 saturated heterocycles. The van der Waals surface area contributed by atoms with Gasteiger partial charge in [0, 0.05) is 30.6 Å². The van der Waals surface area contributed by atoms with E-state index in [1.807, 2.05) is 0 Å². The molecule has 1 atom stereocenters. The van der Waals surface area contributed by atoms with Gasteiger partial charge in [-0.25, -0.2) is 4.79 Å². The number of aliphatic imine (C=N–C) groups is 1. The smallest absolute Gasteiger partial charge is 0.387 e. The molecule has 29 heavy (non-hydrogen) atoms. The van der Waals surface area contributed by atoms with E-state index in [2.05, 4.69) is 20.5 Å². The highest BCUT2D eigenvalue weighted by molar-refractivity contribution is 5.95. The van der Waals surface area contributed by atoms with Gasteiger partial charge in [0.05, 0.1) is 12.0 Å². The van der Waals surface area contributed by atoms with Crippen molar-refractivity contribution in [2.75, 3.05) is 18.4 Å². The third kappa shape index (κ3) is 3.45. The summed E-state index contributed by atoms with van der Waals surface area (Å²) in [5.41, 5.74) is 2.16. The Morgan fingerprint density at radius 1 is 1.28 bits per heavy atom. The lowest BCUT2D eigenvalue weighted by molar-refractivity contribution is -0.267. The first-order valence-electron chi connectivity index (χ1n) is 9.41. The molecule has 1 aromatic heterocycles. The van der Waals surface area contributed by atoms with Gasteiger partial charge in [0.1, 0.15) is 5.84 Å². The number of urea groups is 1. The van der Waals surface area contributed by atoms with E-state index in [0.29, 0.717) is 18.7 Å². The number of aliphatic hydroxyl groups is 1. The number of carbonyl (C=O) groups is 2. The van der Waals surface area contributed by atoms with Gasteiger partial charge in [-0.1, -0.05) is 0 Å². The van der Waals surface area contributed by atoms with Crippen molar-refractivity contribution in [1.82, 2.24) is 15.1 Å². The van der Waals surface area contributed by atoms with Gasteiger partial charge < -0.3 is 21.1 Å². The summed E-state index contributed by atoms with van der Waals surface area (Å²) in [6.45, 7) is 0.574. The molecule has 9 nitrogen and oxygen atoms in total. The molecular weight excluding hydrogens is 393 g/mol. The Bertz CT molecular complexity index is 870. The molecule has 3 amide bonds. The second kappa shape index (κ2) is 6.71. The van der Waals surface area contributed by atoms with E-state index in [4.69, 9.17) is 5.73 Å². The average Bonchev–Trinajstić information content (AvgIpc) is 3.41. The number of nitrogens with one attached hydrogen (secondary N) is 2. The monoisotopic (exact) mass is 414 g/mol. The lowest BCUT2D eigenvalue weighted by Gasteiger charge is -2.36. The Morgan fingerprint density at radius 3 is 2.52 bits per heavy atom. The van der Waals surface area contributed by atoms with E-state index in [-0.39, 0.29) is 36.4 Å². The van der Waals surface area contributed by atoms with Crippen LogP contribution in [0.1, 0.15) is 49.3 Å². The maximum atomic E-state index is 13.6. The quantitative estimate of drug-likeness (QED) is 0.430. The van der Waals surface area contributed by atoms with E-state index in [1.165, 1.54) is 4.90 Å². The van der Waals surface area contributed by atoms with Crippen LogP contribution in [-0.4, -0.2) is 57.2 Å². The summed E-state index contributed by atoms with van der Waals surface area (Å²) >= 11 is 0. The van der Waals surface area contributed by atoms with Gasteiger partial charge >= 0.3 is 12.2 Å². The van der Waals surface area contributed by atoms with E-state index in [9.17, 15) is 27.9 Å². The number of amides is 3. The Kier molecular flexibility index (Phi) is 4.56. The van der Waals surface area contributed by atoms with Crippen molar-refractivity contribution in [2.24, 2.45) is 16.6 Å². The van der Waals surface area contributed by atoms with Crippen LogP contribution in [-0.2, 0) is 10.4 Å². The fourth-order valence-electron chi connectivity index (χ4n) is 3.91. The molecule has 0 spiro atoms. The van der Waals surface area contributed by atoms with Crippen LogP contribution in [0.4, 0.5) is 23.8 Å². The van der Waals surface area contributed by atoms with Crippen LogP contribution in [0.15, 0.2) is 4.99 Å². The number of carbonyl (C=O) groups excluding carboxylic acids is 2. The van der Waals surface area contributed by atoms with Gasteiger partial charge in [0.25, 0.3) is 0 Å². The number of anilines is 1. The number of hydrogen-bond acceptors (Lipinski definition) is 4. The Hall–Kier alpha value is -2.63. The van der Waals surface area contributed by atoms with Gasteiger partial charge in [-0.3, -0.25) is 9.89 Å². The molecule has 3 heterocycles. The number of aromatic nitrogens is 2. The normalized spacial score (nSPS) is 26.3. The van der Waals surface area contributed by atoms with E-state index in [0.717, 1.165) is 12.8 Å². The molecule has 1 saturated carbocycles. The van der Waals surface area contributed by atoms with E-state index >= 15 is 0 Å². The van der Waals surface area contributed by atoms with Crippen molar-refractivity contribution in [1.29, 1.82) is 0 Å². The molecule has 2 fully saturated rings. The summed E-state index contributed by atoms with van der Waals surface area (Å²) in [7, 11) is 0. The molecule has 4 rings (SSSR count). The van der Waals surface area contributed by atoms with Crippen LogP contribution in [0.5, 0.6) is 0 Å². The van der Waals surface area contributed by atoms with Gasteiger partial charge in [-0.2, -0.15) is 23.3 Å². The van der Waals surface area contributed by atoms with Gasteiger partial charge in [-0.05, 0) is 25.7 Å². The number of hydrogen-bond donors (Lipinski definition) is 4. The summed E-state index contributed by atoms with van der Waals surface area (Å²) in [6.07, 6.45) is -3.59. The standard InChI is InChI=1S/C17H21F3N6O3/c18-17(19,20)16(29)7-10(27)22-14-11(16)12(24-25-14)8-3-5-26(6-4-8)15(28)23-13(21)9-1-2-9/h8-9,29H,1-7H2,(H2,21,23,28)(H2,22,24,25,27). The number of aromatic amines is 1. The Balaban J connectivity index is 1.52. The fraction of sp³-hybridized carbons (Fsp3) is 0.647.